The molecular formula is C23H31N5S+2. The van der Waals surface area contributed by atoms with E-state index in [9.17, 15) is 0 Å². The van der Waals surface area contributed by atoms with Crippen molar-refractivity contribution in [3.63, 3.8) is 0 Å². The van der Waals surface area contributed by atoms with Crippen LogP contribution in [0.1, 0.15) is 22.5 Å². The summed E-state index contributed by atoms with van der Waals surface area (Å²) in [7, 11) is 2.03. The van der Waals surface area contributed by atoms with Crippen LogP contribution < -0.4 is 9.80 Å². The van der Waals surface area contributed by atoms with Gasteiger partial charge in [-0.15, -0.1) is 0 Å². The van der Waals surface area contributed by atoms with Crippen LogP contribution in [0.2, 0.25) is 0 Å². The predicted molar refractivity (Wildman–Crippen MR) is 118 cm³/mol. The zero-order valence-corrected chi connectivity index (χ0v) is 18.2. The lowest BCUT2D eigenvalue weighted by atomic mass is 10.1. The number of aromatic nitrogens is 3. The Bertz CT molecular complexity index is 1000. The molecule has 5 nitrogen and oxygen atoms in total. The van der Waals surface area contributed by atoms with Gasteiger partial charge in [0.1, 0.15) is 38.5 Å². The Morgan fingerprint density at radius 2 is 1.59 bits per heavy atom. The van der Waals surface area contributed by atoms with Crippen molar-refractivity contribution >= 4 is 12.2 Å². The van der Waals surface area contributed by atoms with E-state index in [1.54, 1.807) is 9.80 Å². The minimum Gasteiger partial charge on any atom is -0.322 e. The van der Waals surface area contributed by atoms with Crippen LogP contribution >= 0.6 is 12.2 Å². The molecule has 1 fully saturated rings. The van der Waals surface area contributed by atoms with Gasteiger partial charge in [-0.1, -0.05) is 54.6 Å². The fraction of sp³-hybridized carbons (Fsp3) is 0.391. The number of nitrogens with one attached hydrogen (secondary N) is 2. The van der Waals surface area contributed by atoms with E-state index in [2.05, 4.69) is 60.0 Å². The van der Waals surface area contributed by atoms with Crippen molar-refractivity contribution in [3.8, 4) is 0 Å². The average molecular weight is 410 g/mol. The summed E-state index contributed by atoms with van der Waals surface area (Å²) < 4.78 is 4.90. The molecule has 2 N–H and O–H groups in total. The van der Waals surface area contributed by atoms with Gasteiger partial charge in [0.25, 0.3) is 0 Å². The minimum absolute atomic E-state index is 0.817. The number of hydrogen-bond acceptors (Lipinski definition) is 2. The summed E-state index contributed by atoms with van der Waals surface area (Å²) >= 11 is 5.67. The van der Waals surface area contributed by atoms with Crippen LogP contribution in [0.15, 0.2) is 54.6 Å². The van der Waals surface area contributed by atoms with E-state index in [4.69, 9.17) is 17.3 Å². The molecule has 1 aliphatic heterocycles. The van der Waals surface area contributed by atoms with Gasteiger partial charge in [0, 0.05) is 19.0 Å². The molecule has 0 bridgehead atoms. The smallest absolute Gasteiger partial charge is 0.202 e. The Balaban J connectivity index is 1.35. The van der Waals surface area contributed by atoms with Gasteiger partial charge < -0.3 is 14.4 Å². The van der Waals surface area contributed by atoms with Gasteiger partial charge in [0.2, 0.25) is 4.77 Å². The molecule has 1 aliphatic rings. The lowest BCUT2D eigenvalue weighted by molar-refractivity contribution is -1.03. The Hall–Kier alpha value is -2.28. The normalized spacial score (nSPS) is 19.4. The summed E-state index contributed by atoms with van der Waals surface area (Å²) in [6.45, 7) is 8.91. The number of rotatable bonds is 6. The Kier molecular flexibility index (Phi) is 6.23. The van der Waals surface area contributed by atoms with E-state index in [0.29, 0.717) is 0 Å². The van der Waals surface area contributed by atoms with Gasteiger partial charge in [-0.05, 0) is 30.3 Å². The van der Waals surface area contributed by atoms with Gasteiger partial charge in [-0.2, -0.15) is 9.78 Å². The third-order valence-electron chi connectivity index (χ3n) is 6.08. The monoisotopic (exact) mass is 409 g/mol. The number of hydrogen-bond donors (Lipinski definition) is 2. The molecule has 3 aromatic rings. The summed E-state index contributed by atoms with van der Waals surface area (Å²) in [5.41, 5.74) is 4.15. The van der Waals surface area contributed by atoms with Crippen LogP contribution in [-0.4, -0.2) is 40.5 Å². The molecule has 0 atom stereocenters. The highest BCUT2D eigenvalue weighted by atomic mass is 32.1. The average Bonchev–Trinajstić information content (AvgIpc) is 3.00. The van der Waals surface area contributed by atoms with Crippen molar-refractivity contribution in [2.24, 2.45) is 7.05 Å². The molecule has 29 heavy (non-hydrogen) atoms. The fourth-order valence-corrected chi connectivity index (χ4v) is 4.36. The van der Waals surface area contributed by atoms with Gasteiger partial charge >= 0.3 is 0 Å². The first-order chi connectivity index (χ1) is 14.1. The van der Waals surface area contributed by atoms with Crippen LogP contribution in [0.5, 0.6) is 0 Å². The fourth-order valence-electron chi connectivity index (χ4n) is 4.15. The second kappa shape index (κ2) is 9.03. The first kappa shape index (κ1) is 20.0. The molecule has 152 valence electrons. The second-order valence-electron chi connectivity index (χ2n) is 8.18. The number of benzene rings is 2. The minimum atomic E-state index is 0.817. The molecule has 0 spiro atoms. The highest BCUT2D eigenvalue weighted by Gasteiger charge is 2.24. The van der Waals surface area contributed by atoms with Crippen molar-refractivity contribution in [1.29, 1.82) is 0 Å². The zero-order chi connectivity index (χ0) is 20.2. The highest BCUT2D eigenvalue weighted by molar-refractivity contribution is 7.71. The molecular weight excluding hydrogens is 378 g/mol. The number of aryl methyl sites for hydroxylation is 1. The number of nitrogens with zero attached hydrogens (tertiary/aromatic N) is 3. The SMILES string of the molecule is Cc1ccccc1C[NH+]1CC[NH+](Cn2nc(Cc3ccccc3)n(C)c2=S)CC1. The number of quaternary nitrogens is 2. The maximum Gasteiger partial charge on any atom is 0.202 e. The maximum atomic E-state index is 5.67. The van der Waals surface area contributed by atoms with Gasteiger partial charge in [0.05, 0.1) is 0 Å². The van der Waals surface area contributed by atoms with Gasteiger partial charge in [-0.25, -0.2) is 0 Å². The van der Waals surface area contributed by atoms with E-state index in [1.165, 1.54) is 29.8 Å². The first-order valence-electron chi connectivity index (χ1n) is 10.5. The van der Waals surface area contributed by atoms with E-state index >= 15 is 0 Å². The van der Waals surface area contributed by atoms with Crippen molar-refractivity contribution < 1.29 is 9.80 Å². The Labute approximate surface area is 178 Å². The van der Waals surface area contributed by atoms with Crippen LogP contribution in [-0.2, 0) is 26.7 Å². The molecule has 0 aliphatic carbocycles. The quantitative estimate of drug-likeness (QED) is 0.590. The van der Waals surface area contributed by atoms with E-state index < -0.39 is 0 Å². The predicted octanol–water partition coefficient (Wildman–Crippen LogP) is 0.791. The first-order valence-corrected chi connectivity index (χ1v) is 10.9. The molecule has 4 rings (SSSR count). The van der Waals surface area contributed by atoms with Crippen LogP contribution in [0.3, 0.4) is 0 Å². The molecule has 0 unspecified atom stereocenters. The van der Waals surface area contributed by atoms with Crippen molar-refractivity contribution in [3.05, 3.63) is 81.9 Å². The second-order valence-corrected chi connectivity index (χ2v) is 8.55. The maximum absolute atomic E-state index is 5.67. The topological polar surface area (TPSA) is 31.6 Å². The van der Waals surface area contributed by atoms with Crippen LogP contribution in [0.25, 0.3) is 0 Å². The summed E-state index contributed by atoms with van der Waals surface area (Å²) in [6.07, 6.45) is 0.817. The molecule has 2 aromatic carbocycles. The zero-order valence-electron chi connectivity index (χ0n) is 17.4. The molecule has 2 heterocycles. The third-order valence-corrected chi connectivity index (χ3v) is 6.56. The van der Waals surface area contributed by atoms with Crippen molar-refractivity contribution in [1.82, 2.24) is 14.3 Å². The summed E-state index contributed by atoms with van der Waals surface area (Å²) in [5.74, 6) is 1.03. The van der Waals surface area contributed by atoms with Crippen LogP contribution in [0, 0.1) is 11.7 Å². The Morgan fingerprint density at radius 3 is 2.31 bits per heavy atom. The largest absolute Gasteiger partial charge is 0.322 e. The van der Waals surface area contributed by atoms with E-state index in [0.717, 1.165) is 43.3 Å². The van der Waals surface area contributed by atoms with Crippen molar-refractivity contribution in [2.75, 3.05) is 26.2 Å². The summed E-state index contributed by atoms with van der Waals surface area (Å²) in [5, 5.41) is 4.84. The van der Waals surface area contributed by atoms with Crippen molar-refractivity contribution in [2.45, 2.75) is 26.6 Å². The van der Waals surface area contributed by atoms with E-state index in [-0.39, 0.29) is 0 Å². The standard InChI is InChI=1S/C23H29N5S/c1-19-8-6-7-11-21(19)17-26-12-14-27(15-13-26)18-28-23(29)25(2)22(24-28)16-20-9-4-3-5-10-20/h3-11H,12-18H2,1-2H3/p+2. The summed E-state index contributed by atoms with van der Waals surface area (Å²) in [6, 6.07) is 19.2. The molecule has 0 saturated carbocycles. The van der Waals surface area contributed by atoms with Gasteiger partial charge in [0.15, 0.2) is 6.67 Å². The molecule has 0 amide bonds. The lowest BCUT2D eigenvalue weighted by Crippen LogP contribution is -3.27. The molecule has 1 saturated heterocycles. The lowest BCUT2D eigenvalue weighted by Gasteiger charge is -2.29. The molecule has 1 aromatic heterocycles. The molecule has 0 radical (unpaired) electrons. The third kappa shape index (κ3) is 4.83. The van der Waals surface area contributed by atoms with Gasteiger partial charge in [-0.3, -0.25) is 0 Å². The number of piperazine rings is 1. The highest BCUT2D eigenvalue weighted by Crippen LogP contribution is 2.08. The summed E-state index contributed by atoms with van der Waals surface area (Å²) in [4.78, 5) is 3.25. The molecule has 6 heteroatoms. The van der Waals surface area contributed by atoms with Crippen LogP contribution in [0.4, 0.5) is 0 Å². The Morgan fingerprint density at radius 1 is 0.931 bits per heavy atom. The van der Waals surface area contributed by atoms with E-state index in [1.807, 2.05) is 17.8 Å².